The second-order valence-corrected chi connectivity index (χ2v) is 13.6. The van der Waals surface area contributed by atoms with Gasteiger partial charge in [0.25, 0.3) is 0 Å². The lowest BCUT2D eigenvalue weighted by Crippen LogP contribution is -2.50. The molecule has 0 bridgehead atoms. The fraction of sp³-hybridized carbons (Fsp3) is 0.308. The van der Waals surface area contributed by atoms with Crippen LogP contribution in [0.3, 0.4) is 0 Å². The van der Waals surface area contributed by atoms with Crippen LogP contribution in [0.25, 0.3) is 11.1 Å². The Morgan fingerprint density at radius 1 is 0.857 bits per heavy atom. The van der Waals surface area contributed by atoms with Gasteiger partial charge in [0.05, 0.1) is 6.04 Å². The SMILES string of the molecule is CC(=O)N1c2ccc(-c3ccc(N4CCN(Cc5ccccc5N5CCC(=O)NC5=O)CC4)cc3)cc2C(Nc2ccc(Cl)cc2)CC1C. The Hall–Kier alpha value is -4.86. The summed E-state index contributed by atoms with van der Waals surface area (Å²) in [4.78, 5) is 45.3. The van der Waals surface area contributed by atoms with E-state index in [1.807, 2.05) is 47.4 Å². The van der Waals surface area contributed by atoms with Gasteiger partial charge in [-0.15, -0.1) is 0 Å². The topological polar surface area (TPSA) is 88.2 Å². The van der Waals surface area contributed by atoms with E-state index in [-0.39, 0.29) is 29.9 Å². The lowest BCUT2D eigenvalue weighted by molar-refractivity contribution is -0.120. The molecular weight excluding hydrogens is 636 g/mol. The van der Waals surface area contributed by atoms with E-state index in [1.54, 1.807) is 11.8 Å². The molecule has 252 valence electrons. The number of urea groups is 1. The molecule has 0 saturated carbocycles. The molecule has 9 nitrogen and oxygen atoms in total. The molecule has 3 heterocycles. The van der Waals surface area contributed by atoms with E-state index >= 15 is 0 Å². The lowest BCUT2D eigenvalue weighted by atomic mass is 9.89. The van der Waals surface area contributed by atoms with E-state index in [0.29, 0.717) is 18.0 Å². The summed E-state index contributed by atoms with van der Waals surface area (Å²) in [5.74, 6) is -0.176. The largest absolute Gasteiger partial charge is 0.378 e. The Bertz CT molecular complexity index is 1860. The number of carbonyl (C=O) groups is 3. The van der Waals surface area contributed by atoms with Crippen LogP contribution in [0, 0.1) is 0 Å². The first-order valence-corrected chi connectivity index (χ1v) is 17.3. The van der Waals surface area contributed by atoms with Crippen LogP contribution in [-0.4, -0.2) is 61.5 Å². The molecule has 0 radical (unpaired) electrons. The summed E-state index contributed by atoms with van der Waals surface area (Å²) < 4.78 is 0. The number of benzene rings is 4. The summed E-state index contributed by atoms with van der Waals surface area (Å²) in [6.07, 6.45) is 1.10. The first kappa shape index (κ1) is 32.7. The minimum absolute atomic E-state index is 0.0467. The molecule has 4 amide bonds. The predicted molar refractivity (Wildman–Crippen MR) is 196 cm³/mol. The summed E-state index contributed by atoms with van der Waals surface area (Å²) in [6.45, 7) is 8.48. The normalized spacial score (nSPS) is 19.8. The highest BCUT2D eigenvalue weighted by Crippen LogP contribution is 2.41. The molecule has 2 unspecified atom stereocenters. The van der Waals surface area contributed by atoms with Crippen LogP contribution >= 0.6 is 11.6 Å². The smallest absolute Gasteiger partial charge is 0.328 e. The van der Waals surface area contributed by atoms with Crippen molar-refractivity contribution in [3.63, 3.8) is 0 Å². The quantitative estimate of drug-likeness (QED) is 0.218. The van der Waals surface area contributed by atoms with Gasteiger partial charge >= 0.3 is 6.03 Å². The zero-order valence-electron chi connectivity index (χ0n) is 27.9. The van der Waals surface area contributed by atoms with Crippen molar-refractivity contribution < 1.29 is 14.4 Å². The minimum Gasteiger partial charge on any atom is -0.378 e. The number of anilines is 4. The number of fused-ring (bicyclic) bond motifs is 1. The summed E-state index contributed by atoms with van der Waals surface area (Å²) in [7, 11) is 0. The van der Waals surface area contributed by atoms with Crippen LogP contribution in [0.1, 0.15) is 43.9 Å². The molecule has 0 aliphatic carbocycles. The fourth-order valence-electron chi connectivity index (χ4n) is 7.38. The van der Waals surface area contributed by atoms with Gasteiger partial charge in [-0.2, -0.15) is 0 Å². The monoisotopic (exact) mass is 676 g/mol. The molecule has 2 saturated heterocycles. The summed E-state index contributed by atoms with van der Waals surface area (Å²) in [6, 6.07) is 30.7. The average Bonchev–Trinajstić information content (AvgIpc) is 3.10. The van der Waals surface area contributed by atoms with Crippen molar-refractivity contribution in [1.29, 1.82) is 0 Å². The maximum absolute atomic E-state index is 12.7. The number of rotatable bonds is 7. The number of amides is 4. The Morgan fingerprint density at radius 3 is 2.29 bits per heavy atom. The molecule has 2 fully saturated rings. The van der Waals surface area contributed by atoms with E-state index in [0.717, 1.165) is 78.5 Å². The zero-order valence-corrected chi connectivity index (χ0v) is 28.6. The number of nitrogens with zero attached hydrogens (tertiary/aromatic N) is 4. The number of halogens is 1. The lowest BCUT2D eigenvalue weighted by Gasteiger charge is -2.40. The fourth-order valence-corrected chi connectivity index (χ4v) is 7.51. The number of piperazine rings is 1. The van der Waals surface area contributed by atoms with E-state index in [9.17, 15) is 14.4 Å². The van der Waals surface area contributed by atoms with Gasteiger partial charge in [0.15, 0.2) is 0 Å². The first-order chi connectivity index (χ1) is 23.7. The van der Waals surface area contributed by atoms with Crippen molar-refractivity contribution in [2.75, 3.05) is 52.7 Å². The molecule has 2 atom stereocenters. The van der Waals surface area contributed by atoms with Gasteiger partial charge in [0.2, 0.25) is 11.8 Å². The number of carbonyl (C=O) groups excluding carboxylic acids is 3. The standard InChI is InChI=1S/C39H41ClN6O3/c1-26-23-35(41-32-12-10-31(40)11-13-32)34-24-29(9-16-37(34)46(26)27(2)47)28-7-14-33(15-8-28)44-21-19-43(20-22-44)25-30-5-3-4-6-36(30)45-18-17-38(48)42-39(45)49/h3-16,24,26,35,41H,17-23,25H2,1-2H3,(H,42,48,49). The highest BCUT2D eigenvalue weighted by atomic mass is 35.5. The van der Waals surface area contributed by atoms with E-state index in [4.69, 9.17) is 11.6 Å². The van der Waals surface area contributed by atoms with Crippen molar-refractivity contribution >= 4 is 52.2 Å². The third kappa shape index (κ3) is 7.00. The molecule has 7 rings (SSSR count). The van der Waals surface area contributed by atoms with Gasteiger partial charge in [-0.25, -0.2) is 4.79 Å². The van der Waals surface area contributed by atoms with Gasteiger partial charge in [0.1, 0.15) is 0 Å². The second kappa shape index (κ2) is 13.9. The molecular formula is C39H41ClN6O3. The molecule has 2 N–H and O–H groups in total. The summed E-state index contributed by atoms with van der Waals surface area (Å²) in [5, 5.41) is 6.82. The van der Waals surface area contributed by atoms with Crippen LogP contribution < -0.4 is 25.3 Å². The van der Waals surface area contributed by atoms with Crippen molar-refractivity contribution in [3.05, 3.63) is 107 Å². The number of imide groups is 1. The average molecular weight is 677 g/mol. The third-order valence-corrected chi connectivity index (χ3v) is 10.1. The van der Waals surface area contributed by atoms with Crippen LogP contribution in [0.4, 0.5) is 27.5 Å². The van der Waals surface area contributed by atoms with Gasteiger partial charge < -0.3 is 15.1 Å². The van der Waals surface area contributed by atoms with Crippen LogP contribution in [0.5, 0.6) is 0 Å². The summed E-state index contributed by atoms with van der Waals surface area (Å²) in [5.41, 5.74) is 8.43. The van der Waals surface area contributed by atoms with Gasteiger partial charge in [-0.3, -0.25) is 24.7 Å². The molecule has 0 aromatic heterocycles. The molecule has 3 aliphatic heterocycles. The van der Waals surface area contributed by atoms with Crippen molar-refractivity contribution in [2.45, 2.75) is 45.3 Å². The molecule has 3 aliphatic rings. The Balaban J connectivity index is 1.03. The maximum atomic E-state index is 12.7. The molecule has 4 aromatic rings. The highest BCUT2D eigenvalue weighted by Gasteiger charge is 2.33. The predicted octanol–water partition coefficient (Wildman–Crippen LogP) is 7.07. The van der Waals surface area contributed by atoms with Gasteiger partial charge in [0, 0.05) is 86.4 Å². The van der Waals surface area contributed by atoms with E-state index < -0.39 is 0 Å². The molecule has 49 heavy (non-hydrogen) atoms. The number of nitrogens with one attached hydrogen (secondary N) is 2. The Morgan fingerprint density at radius 2 is 1.57 bits per heavy atom. The van der Waals surface area contributed by atoms with Crippen molar-refractivity contribution in [3.8, 4) is 11.1 Å². The van der Waals surface area contributed by atoms with Crippen molar-refractivity contribution in [2.24, 2.45) is 0 Å². The second-order valence-electron chi connectivity index (χ2n) is 13.1. The van der Waals surface area contributed by atoms with Crippen LogP contribution in [0.2, 0.25) is 5.02 Å². The highest BCUT2D eigenvalue weighted by molar-refractivity contribution is 6.30. The van der Waals surface area contributed by atoms with E-state index in [2.05, 4.69) is 75.9 Å². The maximum Gasteiger partial charge on any atom is 0.328 e. The Labute approximate surface area is 292 Å². The number of para-hydroxylation sites is 1. The van der Waals surface area contributed by atoms with Gasteiger partial charge in [-0.1, -0.05) is 48.0 Å². The molecule has 10 heteroatoms. The number of hydrogen-bond donors (Lipinski definition) is 2. The van der Waals surface area contributed by atoms with E-state index in [1.165, 1.54) is 5.69 Å². The minimum atomic E-state index is -0.352. The van der Waals surface area contributed by atoms with Crippen LogP contribution in [0.15, 0.2) is 91.0 Å². The van der Waals surface area contributed by atoms with Crippen molar-refractivity contribution in [1.82, 2.24) is 10.2 Å². The molecule has 0 spiro atoms. The molecule has 4 aromatic carbocycles. The summed E-state index contributed by atoms with van der Waals surface area (Å²) >= 11 is 6.14. The Kier molecular flexibility index (Phi) is 9.29. The van der Waals surface area contributed by atoms with Gasteiger partial charge in [-0.05, 0) is 90.2 Å². The first-order valence-electron chi connectivity index (χ1n) is 17.0. The van der Waals surface area contributed by atoms with Crippen LogP contribution in [-0.2, 0) is 16.1 Å². The third-order valence-electron chi connectivity index (χ3n) is 9.87. The number of hydrogen-bond acceptors (Lipinski definition) is 6. The zero-order chi connectivity index (χ0) is 34.1.